The van der Waals surface area contributed by atoms with E-state index >= 15 is 0 Å². The summed E-state index contributed by atoms with van der Waals surface area (Å²) in [6.45, 7) is 0. The minimum absolute atomic E-state index is 0.881. The van der Waals surface area contributed by atoms with Gasteiger partial charge in [0.25, 0.3) is 0 Å². The molecule has 0 saturated carbocycles. The minimum atomic E-state index is 0.881. The average molecular weight is 638 g/mol. The standard InChI is InChI=1S/C48H31NO/c1-3-10-36-28-38(21-20-32(36)8-1)34-16-18-35(19-17-34)39-22-23-41-31-43(27-25-40(41)29-39)49(42-26-24-33-9-2-4-11-37(33)30-42)45-13-7-15-47-48(45)44-12-5-6-14-46(44)50-47/h1-31H. The first-order valence-electron chi connectivity index (χ1n) is 17.1. The maximum Gasteiger partial charge on any atom is 0.137 e. The van der Waals surface area contributed by atoms with E-state index in [1.807, 2.05) is 12.1 Å². The van der Waals surface area contributed by atoms with E-state index in [0.717, 1.165) is 39.0 Å². The van der Waals surface area contributed by atoms with Crippen LogP contribution in [0.25, 0.3) is 76.5 Å². The summed E-state index contributed by atoms with van der Waals surface area (Å²) < 4.78 is 6.33. The van der Waals surface area contributed by atoms with Gasteiger partial charge in [0.1, 0.15) is 11.2 Å². The number of furan rings is 1. The van der Waals surface area contributed by atoms with Gasteiger partial charge < -0.3 is 9.32 Å². The topological polar surface area (TPSA) is 16.4 Å². The number of anilines is 3. The lowest BCUT2D eigenvalue weighted by molar-refractivity contribution is 0.669. The van der Waals surface area contributed by atoms with Crippen molar-refractivity contribution in [3.8, 4) is 22.3 Å². The molecule has 0 N–H and O–H groups in total. The molecule has 0 bridgehead atoms. The monoisotopic (exact) mass is 637 g/mol. The molecule has 1 aromatic heterocycles. The maximum atomic E-state index is 6.33. The molecule has 234 valence electrons. The molecule has 0 radical (unpaired) electrons. The van der Waals surface area contributed by atoms with Gasteiger partial charge in [-0.05, 0) is 109 Å². The van der Waals surface area contributed by atoms with Gasteiger partial charge in [-0.25, -0.2) is 0 Å². The molecule has 0 spiro atoms. The zero-order valence-corrected chi connectivity index (χ0v) is 27.3. The Balaban J connectivity index is 1.06. The molecule has 9 aromatic carbocycles. The minimum Gasteiger partial charge on any atom is -0.456 e. The van der Waals surface area contributed by atoms with Crippen molar-refractivity contribution >= 4 is 71.3 Å². The lowest BCUT2D eigenvalue weighted by Gasteiger charge is -2.27. The largest absolute Gasteiger partial charge is 0.456 e. The lowest BCUT2D eigenvalue weighted by atomic mass is 9.97. The van der Waals surface area contributed by atoms with Gasteiger partial charge in [0.05, 0.1) is 11.1 Å². The molecular weight excluding hydrogens is 607 g/mol. The summed E-state index contributed by atoms with van der Waals surface area (Å²) in [5, 5.41) is 9.57. The average Bonchev–Trinajstić information content (AvgIpc) is 3.57. The molecule has 10 aromatic rings. The summed E-state index contributed by atoms with van der Waals surface area (Å²) in [7, 11) is 0. The van der Waals surface area contributed by atoms with Crippen LogP contribution in [0.3, 0.4) is 0 Å². The highest BCUT2D eigenvalue weighted by Gasteiger charge is 2.20. The fraction of sp³-hybridized carbons (Fsp3) is 0. The summed E-state index contributed by atoms with van der Waals surface area (Å²) in [5.74, 6) is 0. The summed E-state index contributed by atoms with van der Waals surface area (Å²) in [6, 6.07) is 67.6. The van der Waals surface area contributed by atoms with Crippen LogP contribution in [0.4, 0.5) is 17.1 Å². The predicted molar refractivity (Wildman–Crippen MR) is 212 cm³/mol. The van der Waals surface area contributed by atoms with E-state index in [2.05, 4.69) is 181 Å². The van der Waals surface area contributed by atoms with Gasteiger partial charge in [-0.3, -0.25) is 0 Å². The molecule has 0 atom stereocenters. The van der Waals surface area contributed by atoms with Gasteiger partial charge in [-0.2, -0.15) is 0 Å². The van der Waals surface area contributed by atoms with E-state index in [1.165, 1.54) is 54.6 Å². The highest BCUT2D eigenvalue weighted by Crippen LogP contribution is 2.44. The molecule has 0 aliphatic heterocycles. The van der Waals surface area contributed by atoms with E-state index in [4.69, 9.17) is 4.42 Å². The van der Waals surface area contributed by atoms with E-state index in [-0.39, 0.29) is 0 Å². The second-order valence-electron chi connectivity index (χ2n) is 13.0. The second-order valence-corrected chi connectivity index (χ2v) is 13.0. The molecule has 0 fully saturated rings. The second kappa shape index (κ2) is 11.5. The van der Waals surface area contributed by atoms with E-state index in [9.17, 15) is 0 Å². The zero-order chi connectivity index (χ0) is 33.0. The van der Waals surface area contributed by atoms with Gasteiger partial charge in [-0.15, -0.1) is 0 Å². The number of hydrogen-bond donors (Lipinski definition) is 0. The number of nitrogens with zero attached hydrogens (tertiary/aromatic N) is 1. The van der Waals surface area contributed by atoms with E-state index in [0.29, 0.717) is 0 Å². The quantitative estimate of drug-likeness (QED) is 0.187. The molecule has 2 nitrogen and oxygen atoms in total. The van der Waals surface area contributed by atoms with Crippen molar-refractivity contribution in [2.45, 2.75) is 0 Å². The first-order valence-corrected chi connectivity index (χ1v) is 17.1. The number of fused-ring (bicyclic) bond motifs is 6. The fourth-order valence-corrected chi connectivity index (χ4v) is 7.46. The van der Waals surface area contributed by atoms with Crippen molar-refractivity contribution in [3.63, 3.8) is 0 Å². The van der Waals surface area contributed by atoms with Crippen LogP contribution in [0.15, 0.2) is 192 Å². The third kappa shape index (κ3) is 4.81. The molecule has 50 heavy (non-hydrogen) atoms. The Morgan fingerprint density at radius 1 is 0.320 bits per heavy atom. The Morgan fingerprint density at radius 3 is 1.46 bits per heavy atom. The number of rotatable bonds is 5. The van der Waals surface area contributed by atoms with Crippen molar-refractivity contribution in [1.29, 1.82) is 0 Å². The molecule has 0 saturated heterocycles. The molecule has 2 heteroatoms. The Hall–Kier alpha value is -6.64. The summed E-state index contributed by atoms with van der Waals surface area (Å²) in [5.41, 5.74) is 9.92. The van der Waals surface area contributed by atoms with Crippen LogP contribution in [-0.4, -0.2) is 0 Å². The highest BCUT2D eigenvalue weighted by molar-refractivity contribution is 6.13. The normalized spacial score (nSPS) is 11.6. The smallest absolute Gasteiger partial charge is 0.137 e. The van der Waals surface area contributed by atoms with E-state index < -0.39 is 0 Å². The molecule has 0 unspecified atom stereocenters. The first-order chi connectivity index (χ1) is 24.7. The van der Waals surface area contributed by atoms with Gasteiger partial charge >= 0.3 is 0 Å². The highest BCUT2D eigenvalue weighted by atomic mass is 16.3. The SMILES string of the molecule is c1ccc2cc(-c3ccc(-c4ccc5cc(N(c6ccc7ccccc7c6)c6cccc7oc8ccccc8c67)ccc5c4)cc3)ccc2c1. The van der Waals surface area contributed by atoms with Crippen LogP contribution < -0.4 is 4.90 Å². The number of para-hydroxylation sites is 1. The lowest BCUT2D eigenvalue weighted by Crippen LogP contribution is -2.10. The third-order valence-corrected chi connectivity index (χ3v) is 10.00. The Morgan fingerprint density at radius 2 is 0.780 bits per heavy atom. The number of benzene rings is 9. The van der Waals surface area contributed by atoms with Crippen LogP contribution in [0, 0.1) is 0 Å². The Labute approximate surface area is 290 Å². The Bertz CT molecular complexity index is 2880. The van der Waals surface area contributed by atoms with Crippen LogP contribution in [0.2, 0.25) is 0 Å². The molecule has 10 rings (SSSR count). The summed E-state index contributed by atoms with van der Waals surface area (Å²) >= 11 is 0. The van der Waals surface area contributed by atoms with Gasteiger partial charge in [0, 0.05) is 16.8 Å². The van der Waals surface area contributed by atoms with Crippen LogP contribution in [0.5, 0.6) is 0 Å². The van der Waals surface area contributed by atoms with Crippen molar-refractivity contribution in [1.82, 2.24) is 0 Å². The molecular formula is C48H31NO. The number of hydrogen-bond acceptors (Lipinski definition) is 2. The molecule has 0 aliphatic rings. The van der Waals surface area contributed by atoms with E-state index in [1.54, 1.807) is 0 Å². The van der Waals surface area contributed by atoms with Gasteiger partial charge in [-0.1, -0.05) is 133 Å². The molecule has 0 aliphatic carbocycles. The Kier molecular flexibility index (Phi) is 6.53. The first kappa shape index (κ1) is 28.4. The van der Waals surface area contributed by atoms with Crippen molar-refractivity contribution in [2.75, 3.05) is 4.90 Å². The van der Waals surface area contributed by atoms with Gasteiger partial charge in [0.2, 0.25) is 0 Å². The fourth-order valence-electron chi connectivity index (χ4n) is 7.46. The van der Waals surface area contributed by atoms with Gasteiger partial charge in [0.15, 0.2) is 0 Å². The van der Waals surface area contributed by atoms with Crippen molar-refractivity contribution < 1.29 is 4.42 Å². The van der Waals surface area contributed by atoms with Crippen LogP contribution >= 0.6 is 0 Å². The summed E-state index contributed by atoms with van der Waals surface area (Å²) in [4.78, 5) is 2.37. The van der Waals surface area contributed by atoms with Crippen LogP contribution in [-0.2, 0) is 0 Å². The van der Waals surface area contributed by atoms with Crippen molar-refractivity contribution in [2.24, 2.45) is 0 Å². The predicted octanol–water partition coefficient (Wildman–Crippen LogP) is 13.8. The molecule has 1 heterocycles. The maximum absolute atomic E-state index is 6.33. The summed E-state index contributed by atoms with van der Waals surface area (Å²) in [6.07, 6.45) is 0. The molecule has 0 amide bonds. The van der Waals surface area contributed by atoms with Crippen molar-refractivity contribution in [3.05, 3.63) is 188 Å². The van der Waals surface area contributed by atoms with Crippen LogP contribution in [0.1, 0.15) is 0 Å². The zero-order valence-electron chi connectivity index (χ0n) is 27.3. The third-order valence-electron chi connectivity index (χ3n) is 10.00.